The van der Waals surface area contributed by atoms with Gasteiger partial charge in [-0.3, -0.25) is 4.57 Å². The second-order valence-corrected chi connectivity index (χ2v) is 11.7. The number of hydrogen-bond donors (Lipinski definition) is 0. The van der Waals surface area contributed by atoms with Crippen molar-refractivity contribution in [3.8, 4) is 17.2 Å². The third-order valence-electron chi connectivity index (χ3n) is 9.29. The van der Waals surface area contributed by atoms with Crippen LogP contribution in [0.25, 0.3) is 82.6 Å². The zero-order valence-electron chi connectivity index (χ0n) is 24.3. The maximum Gasteiger partial charge on any atom is 0.137 e. The zero-order chi connectivity index (χ0) is 29.5. The molecule has 4 aromatic heterocycles. The van der Waals surface area contributed by atoms with E-state index in [9.17, 15) is 0 Å². The highest BCUT2D eigenvalue weighted by atomic mass is 15.1. The number of nitrogens with zero attached hydrogens (tertiary/aromatic N) is 4. The average molecular weight is 575 g/mol. The third kappa shape index (κ3) is 3.39. The molecule has 10 aromatic rings. The summed E-state index contributed by atoms with van der Waals surface area (Å²) in [7, 11) is 0. The normalized spacial score (nSPS) is 12.0. The van der Waals surface area contributed by atoms with E-state index in [1.807, 2.05) is 12.3 Å². The molecule has 210 valence electrons. The van der Waals surface area contributed by atoms with Gasteiger partial charge in [-0.2, -0.15) is 0 Å². The highest BCUT2D eigenvalue weighted by Gasteiger charge is 2.18. The van der Waals surface area contributed by atoms with Crippen LogP contribution in [0.15, 0.2) is 158 Å². The molecule has 6 aromatic carbocycles. The minimum Gasteiger partial charge on any atom is -0.309 e. The predicted octanol–water partition coefficient (Wildman–Crippen LogP) is 10.4. The van der Waals surface area contributed by atoms with Gasteiger partial charge >= 0.3 is 0 Å². The predicted molar refractivity (Wildman–Crippen MR) is 187 cm³/mol. The first-order valence-corrected chi connectivity index (χ1v) is 15.3. The second-order valence-electron chi connectivity index (χ2n) is 11.7. The summed E-state index contributed by atoms with van der Waals surface area (Å²) in [6.45, 7) is 0. The maximum absolute atomic E-state index is 4.78. The Labute approximate surface area is 258 Å². The molecule has 0 saturated heterocycles. The number of aromatic nitrogens is 4. The topological polar surface area (TPSA) is 27.7 Å². The van der Waals surface area contributed by atoms with Gasteiger partial charge in [-0.1, -0.05) is 78.9 Å². The van der Waals surface area contributed by atoms with Crippen molar-refractivity contribution >= 4 is 65.4 Å². The molecule has 0 N–H and O–H groups in total. The fourth-order valence-electron chi connectivity index (χ4n) is 7.41. The quantitative estimate of drug-likeness (QED) is 0.206. The molecular weight excluding hydrogens is 548 g/mol. The Morgan fingerprint density at radius 2 is 0.689 bits per heavy atom. The summed E-state index contributed by atoms with van der Waals surface area (Å²) >= 11 is 0. The molecule has 0 aliphatic rings. The molecular formula is C41H26N4. The lowest BCUT2D eigenvalue weighted by Gasteiger charge is -2.10. The summed E-state index contributed by atoms with van der Waals surface area (Å²) in [6, 6.07) is 54.6. The van der Waals surface area contributed by atoms with Crippen LogP contribution in [0.1, 0.15) is 0 Å². The summed E-state index contributed by atoms with van der Waals surface area (Å²) in [5.41, 5.74) is 9.37. The molecule has 0 aliphatic heterocycles. The van der Waals surface area contributed by atoms with E-state index in [0.717, 1.165) is 28.2 Å². The van der Waals surface area contributed by atoms with E-state index in [1.165, 1.54) is 54.4 Å². The summed E-state index contributed by atoms with van der Waals surface area (Å²) < 4.78 is 7.08. The lowest BCUT2D eigenvalue weighted by molar-refractivity contribution is 1.08. The average Bonchev–Trinajstić information content (AvgIpc) is 3.74. The van der Waals surface area contributed by atoms with Crippen LogP contribution in [-0.2, 0) is 0 Å². The van der Waals surface area contributed by atoms with Gasteiger partial charge in [-0.15, -0.1) is 0 Å². The molecule has 0 fully saturated rings. The van der Waals surface area contributed by atoms with Crippen molar-refractivity contribution in [1.82, 2.24) is 18.7 Å². The van der Waals surface area contributed by atoms with Crippen molar-refractivity contribution in [2.45, 2.75) is 0 Å². The Balaban J connectivity index is 1.31. The minimum absolute atomic E-state index is 0.909. The van der Waals surface area contributed by atoms with Crippen molar-refractivity contribution in [3.05, 3.63) is 158 Å². The molecule has 0 spiro atoms. The van der Waals surface area contributed by atoms with E-state index in [0.29, 0.717) is 0 Å². The van der Waals surface area contributed by atoms with Crippen molar-refractivity contribution in [2.75, 3.05) is 0 Å². The highest BCUT2D eigenvalue weighted by molar-refractivity contribution is 6.13. The van der Waals surface area contributed by atoms with E-state index in [-0.39, 0.29) is 0 Å². The van der Waals surface area contributed by atoms with Crippen LogP contribution < -0.4 is 0 Å². The Kier molecular flexibility index (Phi) is 4.96. The number of rotatable bonds is 3. The van der Waals surface area contributed by atoms with Crippen molar-refractivity contribution in [1.29, 1.82) is 0 Å². The highest BCUT2D eigenvalue weighted by Crippen LogP contribution is 2.39. The molecule has 0 aliphatic carbocycles. The molecule has 0 saturated carbocycles. The van der Waals surface area contributed by atoms with E-state index in [4.69, 9.17) is 4.98 Å². The lowest BCUT2D eigenvalue weighted by atomic mass is 10.1. The van der Waals surface area contributed by atoms with Gasteiger partial charge < -0.3 is 9.13 Å². The van der Waals surface area contributed by atoms with Gasteiger partial charge in [0.2, 0.25) is 0 Å². The summed E-state index contributed by atoms with van der Waals surface area (Å²) in [6.07, 6.45) is 1.87. The first-order chi connectivity index (χ1) is 22.3. The van der Waals surface area contributed by atoms with E-state index >= 15 is 0 Å². The first-order valence-electron chi connectivity index (χ1n) is 15.3. The smallest absolute Gasteiger partial charge is 0.137 e. The molecule has 45 heavy (non-hydrogen) atoms. The summed E-state index contributed by atoms with van der Waals surface area (Å²) in [4.78, 5) is 4.78. The van der Waals surface area contributed by atoms with Crippen LogP contribution in [0.2, 0.25) is 0 Å². The Bertz CT molecular complexity index is 2480. The van der Waals surface area contributed by atoms with Gasteiger partial charge in [0.15, 0.2) is 0 Å². The van der Waals surface area contributed by atoms with Crippen LogP contribution >= 0.6 is 0 Å². The Morgan fingerprint density at radius 1 is 0.311 bits per heavy atom. The van der Waals surface area contributed by atoms with Gasteiger partial charge in [0.05, 0.1) is 33.1 Å². The second kappa shape index (κ2) is 9.18. The van der Waals surface area contributed by atoms with Gasteiger partial charge in [-0.05, 0) is 72.8 Å². The number of fused-ring (bicyclic) bond motifs is 9. The maximum atomic E-state index is 4.78. The third-order valence-corrected chi connectivity index (χ3v) is 9.29. The number of pyridine rings is 1. The van der Waals surface area contributed by atoms with Crippen molar-refractivity contribution in [2.24, 2.45) is 0 Å². The van der Waals surface area contributed by atoms with Gasteiger partial charge in [0, 0.05) is 49.9 Å². The largest absolute Gasteiger partial charge is 0.309 e. The SMILES string of the molecule is c1ccc(-n2c3ccc(-n4c5ccccc5c5ccccc54)cc3c3cc(-n4c5ccccc5c5ccccc54)ccc32)nc1. The molecule has 0 amide bonds. The molecule has 0 bridgehead atoms. The summed E-state index contributed by atoms with van der Waals surface area (Å²) in [5.74, 6) is 0.909. The Hall–Kier alpha value is -6.13. The van der Waals surface area contributed by atoms with Crippen LogP contribution in [0.3, 0.4) is 0 Å². The van der Waals surface area contributed by atoms with Crippen LogP contribution in [-0.4, -0.2) is 18.7 Å². The number of hydrogen-bond acceptors (Lipinski definition) is 1. The van der Waals surface area contributed by atoms with Gasteiger partial charge in [0.25, 0.3) is 0 Å². The van der Waals surface area contributed by atoms with Crippen molar-refractivity contribution in [3.63, 3.8) is 0 Å². The number of para-hydroxylation sites is 4. The lowest BCUT2D eigenvalue weighted by Crippen LogP contribution is -1.97. The van der Waals surface area contributed by atoms with Crippen molar-refractivity contribution < 1.29 is 0 Å². The standard InChI is InChI=1S/C41H26N4/c1-5-15-35-29(11-1)30-12-2-6-16-36(30)43(35)27-20-22-39-33(25-27)34-26-28(21-23-40(34)45(39)41-19-9-10-24-42-41)44-37-17-7-3-13-31(37)32-14-4-8-18-38(32)44/h1-26H. The monoisotopic (exact) mass is 574 g/mol. The molecule has 0 unspecified atom stereocenters. The van der Waals surface area contributed by atoms with E-state index in [2.05, 4.69) is 159 Å². The fraction of sp³-hybridized carbons (Fsp3) is 0. The van der Waals surface area contributed by atoms with E-state index < -0.39 is 0 Å². The molecule has 0 radical (unpaired) electrons. The fourth-order valence-corrected chi connectivity index (χ4v) is 7.41. The molecule has 0 atom stereocenters. The molecule has 4 nitrogen and oxygen atoms in total. The zero-order valence-corrected chi connectivity index (χ0v) is 24.3. The van der Waals surface area contributed by atoms with Crippen LogP contribution in [0.4, 0.5) is 0 Å². The molecule has 10 rings (SSSR count). The first kappa shape index (κ1) is 24.3. The summed E-state index contributed by atoms with van der Waals surface area (Å²) in [5, 5.41) is 7.43. The number of benzene rings is 6. The van der Waals surface area contributed by atoms with Gasteiger partial charge in [0.1, 0.15) is 5.82 Å². The van der Waals surface area contributed by atoms with Gasteiger partial charge in [-0.25, -0.2) is 4.98 Å². The molecule has 4 heterocycles. The minimum atomic E-state index is 0.909. The van der Waals surface area contributed by atoms with Crippen LogP contribution in [0, 0.1) is 0 Å². The Morgan fingerprint density at radius 3 is 1.09 bits per heavy atom. The van der Waals surface area contributed by atoms with Crippen LogP contribution in [0.5, 0.6) is 0 Å². The van der Waals surface area contributed by atoms with E-state index in [1.54, 1.807) is 0 Å². The molecule has 4 heteroatoms.